The van der Waals surface area contributed by atoms with Gasteiger partial charge in [-0.15, -0.1) is 5.10 Å². The third kappa shape index (κ3) is 3.17. The third-order valence-corrected chi connectivity index (χ3v) is 4.97. The highest BCUT2D eigenvalue weighted by atomic mass is 35.5. The van der Waals surface area contributed by atoms with Gasteiger partial charge in [0.25, 0.3) is 0 Å². The average molecular weight is 393 g/mol. The van der Waals surface area contributed by atoms with Crippen molar-refractivity contribution in [3.05, 3.63) is 87.4 Å². The Morgan fingerprint density at radius 1 is 1.25 bits per heavy atom. The van der Waals surface area contributed by atoms with Crippen LogP contribution in [0.2, 0.25) is 5.02 Å². The highest BCUT2D eigenvalue weighted by molar-refractivity contribution is 6.30. The van der Waals surface area contributed by atoms with E-state index in [0.717, 1.165) is 22.4 Å². The van der Waals surface area contributed by atoms with E-state index in [0.29, 0.717) is 22.2 Å². The summed E-state index contributed by atoms with van der Waals surface area (Å²) in [6.07, 6.45) is 0. The van der Waals surface area contributed by atoms with Gasteiger partial charge in [0.05, 0.1) is 17.2 Å². The number of H-pyrrole nitrogens is 1. The van der Waals surface area contributed by atoms with Gasteiger partial charge in [-0.2, -0.15) is 5.26 Å². The predicted molar refractivity (Wildman–Crippen MR) is 105 cm³/mol. The van der Waals surface area contributed by atoms with E-state index in [-0.39, 0.29) is 18.4 Å². The minimum absolute atomic E-state index is 0.0694. The first-order valence-electron chi connectivity index (χ1n) is 8.67. The largest absolute Gasteiger partial charge is 0.487 e. The first-order valence-corrected chi connectivity index (χ1v) is 9.05. The highest BCUT2D eigenvalue weighted by Crippen LogP contribution is 2.43. The number of hydrogen-bond acceptors (Lipinski definition) is 5. The molecule has 28 heavy (non-hydrogen) atoms. The van der Waals surface area contributed by atoms with Crippen LogP contribution in [-0.2, 0) is 6.61 Å². The van der Waals surface area contributed by atoms with Gasteiger partial charge in [-0.25, -0.2) is 0 Å². The number of nitrogens with one attached hydrogen (secondary N) is 1. The number of ether oxygens (including phenoxy) is 2. The van der Waals surface area contributed by atoms with Gasteiger partial charge >= 0.3 is 0 Å². The molecule has 0 spiro atoms. The first-order chi connectivity index (χ1) is 13.6. The van der Waals surface area contributed by atoms with Gasteiger partial charge < -0.3 is 15.2 Å². The van der Waals surface area contributed by atoms with Crippen LogP contribution in [0.3, 0.4) is 0 Å². The SMILES string of the molecule is Cc1ccccc1[C@@H]1C(C#N)=C(N)Oc2n[nH]c(COc3ccc(Cl)cc3)c21. The minimum atomic E-state index is -0.377. The molecule has 0 radical (unpaired) electrons. The van der Waals surface area contributed by atoms with Crippen molar-refractivity contribution in [2.75, 3.05) is 0 Å². The highest BCUT2D eigenvalue weighted by Gasteiger charge is 2.35. The van der Waals surface area contributed by atoms with Crippen LogP contribution >= 0.6 is 11.6 Å². The molecule has 140 valence electrons. The number of aromatic nitrogens is 2. The van der Waals surface area contributed by atoms with Crippen molar-refractivity contribution < 1.29 is 9.47 Å². The summed E-state index contributed by atoms with van der Waals surface area (Å²) in [6.45, 7) is 2.23. The van der Waals surface area contributed by atoms with Crippen molar-refractivity contribution >= 4 is 11.6 Å². The number of nitrogens with zero attached hydrogens (tertiary/aromatic N) is 2. The van der Waals surface area contributed by atoms with E-state index in [1.807, 2.05) is 31.2 Å². The van der Waals surface area contributed by atoms with Crippen LogP contribution in [-0.4, -0.2) is 10.2 Å². The van der Waals surface area contributed by atoms with Gasteiger partial charge in [0.15, 0.2) is 0 Å². The number of allylic oxidation sites excluding steroid dienone is 1. The molecule has 3 aromatic rings. The second-order valence-corrected chi connectivity index (χ2v) is 6.88. The summed E-state index contributed by atoms with van der Waals surface area (Å²) in [4.78, 5) is 0. The quantitative estimate of drug-likeness (QED) is 0.694. The molecule has 0 unspecified atom stereocenters. The van der Waals surface area contributed by atoms with Crippen LogP contribution in [0.25, 0.3) is 0 Å². The van der Waals surface area contributed by atoms with Crippen molar-refractivity contribution in [1.82, 2.24) is 10.2 Å². The molecule has 0 bridgehead atoms. The third-order valence-electron chi connectivity index (χ3n) is 4.71. The molecular weight excluding hydrogens is 376 g/mol. The van der Waals surface area contributed by atoms with E-state index in [1.54, 1.807) is 24.3 Å². The van der Waals surface area contributed by atoms with Gasteiger partial charge in [-0.1, -0.05) is 35.9 Å². The predicted octanol–water partition coefficient (Wildman–Crippen LogP) is 4.17. The van der Waals surface area contributed by atoms with E-state index in [1.165, 1.54) is 0 Å². The molecule has 1 aliphatic rings. The maximum Gasteiger partial charge on any atom is 0.244 e. The Morgan fingerprint density at radius 2 is 2.00 bits per heavy atom. The zero-order valence-electron chi connectivity index (χ0n) is 15.1. The first kappa shape index (κ1) is 18.0. The van der Waals surface area contributed by atoms with Gasteiger partial charge in [0.1, 0.15) is 24.0 Å². The molecule has 1 atom stereocenters. The summed E-state index contributed by atoms with van der Waals surface area (Å²) < 4.78 is 11.5. The number of nitrogens with two attached hydrogens (primary N) is 1. The fourth-order valence-electron chi connectivity index (χ4n) is 3.33. The maximum atomic E-state index is 9.73. The lowest BCUT2D eigenvalue weighted by atomic mass is 9.82. The van der Waals surface area contributed by atoms with Crippen LogP contribution < -0.4 is 15.2 Å². The molecule has 0 aliphatic carbocycles. The number of halogens is 1. The monoisotopic (exact) mass is 392 g/mol. The standard InChI is InChI=1S/C21H17ClN4O2/c1-12-4-2-3-5-15(12)18-16(10-23)20(24)28-21-19(18)17(25-26-21)11-27-14-8-6-13(22)7-9-14/h2-9,18H,11,24H2,1H3,(H,25,26)/t18-/m1/s1. The summed E-state index contributed by atoms with van der Waals surface area (Å²) in [5.74, 6) is 0.726. The smallest absolute Gasteiger partial charge is 0.244 e. The van der Waals surface area contributed by atoms with Crippen molar-refractivity contribution in [1.29, 1.82) is 5.26 Å². The summed E-state index contributed by atoms with van der Waals surface area (Å²) in [5, 5.41) is 17.6. The summed E-state index contributed by atoms with van der Waals surface area (Å²) in [6, 6.07) is 17.2. The minimum Gasteiger partial charge on any atom is -0.487 e. The molecule has 0 saturated heterocycles. The number of benzene rings is 2. The molecular formula is C21H17ClN4O2. The van der Waals surface area contributed by atoms with Crippen LogP contribution in [0.5, 0.6) is 11.6 Å². The van der Waals surface area contributed by atoms with E-state index in [4.69, 9.17) is 26.8 Å². The topological polar surface area (TPSA) is 97.0 Å². The van der Waals surface area contributed by atoms with Gasteiger partial charge in [0.2, 0.25) is 11.8 Å². The Morgan fingerprint density at radius 3 is 2.71 bits per heavy atom. The van der Waals surface area contributed by atoms with E-state index < -0.39 is 0 Å². The van der Waals surface area contributed by atoms with E-state index in [9.17, 15) is 5.26 Å². The Labute approximate surface area is 167 Å². The van der Waals surface area contributed by atoms with Crippen molar-refractivity contribution in [3.63, 3.8) is 0 Å². The fraction of sp³-hybridized carbons (Fsp3) is 0.143. The second-order valence-electron chi connectivity index (χ2n) is 6.44. The molecule has 1 aliphatic heterocycles. The van der Waals surface area contributed by atoms with Crippen molar-refractivity contribution in [2.45, 2.75) is 19.4 Å². The molecule has 0 fully saturated rings. The number of rotatable bonds is 4. The van der Waals surface area contributed by atoms with E-state index in [2.05, 4.69) is 16.3 Å². The van der Waals surface area contributed by atoms with Crippen LogP contribution in [0.1, 0.15) is 28.3 Å². The zero-order chi connectivity index (χ0) is 19.7. The van der Waals surface area contributed by atoms with Crippen LogP contribution in [0.4, 0.5) is 0 Å². The molecule has 4 rings (SSSR count). The number of fused-ring (bicyclic) bond motifs is 1. The lowest BCUT2D eigenvalue weighted by molar-refractivity contribution is 0.299. The molecule has 3 N–H and O–H groups in total. The lowest BCUT2D eigenvalue weighted by Crippen LogP contribution is -2.22. The summed E-state index contributed by atoms with van der Waals surface area (Å²) >= 11 is 5.92. The molecule has 2 heterocycles. The average Bonchev–Trinajstić information content (AvgIpc) is 3.09. The zero-order valence-corrected chi connectivity index (χ0v) is 15.8. The molecule has 6 nitrogen and oxygen atoms in total. The number of nitriles is 1. The Kier molecular flexibility index (Phi) is 4.68. The number of hydrogen-bond donors (Lipinski definition) is 2. The number of aromatic amines is 1. The van der Waals surface area contributed by atoms with Crippen molar-refractivity contribution in [3.8, 4) is 17.7 Å². The Hall–Kier alpha value is -3.43. The second kappa shape index (κ2) is 7.29. The maximum absolute atomic E-state index is 9.73. The van der Waals surface area contributed by atoms with Gasteiger partial charge in [-0.05, 0) is 42.3 Å². The molecule has 0 saturated carbocycles. The Balaban J connectivity index is 1.74. The van der Waals surface area contributed by atoms with Crippen LogP contribution in [0, 0.1) is 18.3 Å². The molecule has 0 amide bonds. The van der Waals surface area contributed by atoms with Crippen molar-refractivity contribution in [2.24, 2.45) is 5.73 Å². The van der Waals surface area contributed by atoms with Crippen LogP contribution in [0.15, 0.2) is 60.0 Å². The Bertz CT molecular complexity index is 1100. The fourth-order valence-corrected chi connectivity index (χ4v) is 3.45. The molecule has 2 aromatic carbocycles. The molecule has 7 heteroatoms. The normalized spacial score (nSPS) is 15.5. The van der Waals surface area contributed by atoms with Gasteiger partial charge in [-0.3, -0.25) is 5.10 Å². The lowest BCUT2D eigenvalue weighted by Gasteiger charge is -2.25. The van der Waals surface area contributed by atoms with E-state index >= 15 is 0 Å². The summed E-state index contributed by atoms with van der Waals surface area (Å²) in [5.41, 5.74) is 9.87. The molecule has 1 aromatic heterocycles. The number of aryl methyl sites for hydroxylation is 1. The van der Waals surface area contributed by atoms with Gasteiger partial charge in [0, 0.05) is 5.02 Å². The summed E-state index contributed by atoms with van der Waals surface area (Å²) in [7, 11) is 0.